The third-order valence-corrected chi connectivity index (χ3v) is 2.85. The summed E-state index contributed by atoms with van der Waals surface area (Å²) in [5, 5.41) is 14.0. The maximum Gasteiger partial charge on any atom is 0.249 e. The number of aromatic hydroxyl groups is 1. The molecule has 100 valence electrons. The van der Waals surface area contributed by atoms with E-state index in [1.54, 1.807) is 12.1 Å². The number of hydrogen-bond donors (Lipinski definition) is 3. The predicted molar refractivity (Wildman–Crippen MR) is 66.1 cm³/mol. The van der Waals surface area contributed by atoms with Gasteiger partial charge >= 0.3 is 0 Å². The van der Waals surface area contributed by atoms with Gasteiger partial charge in [0.1, 0.15) is 11.8 Å². The molecule has 3 N–H and O–H groups in total. The van der Waals surface area contributed by atoms with Gasteiger partial charge in [0.15, 0.2) is 0 Å². The van der Waals surface area contributed by atoms with E-state index in [-0.39, 0.29) is 30.4 Å². The number of amides is 3. The molecule has 1 saturated heterocycles. The van der Waals surface area contributed by atoms with Gasteiger partial charge in [0.05, 0.1) is 6.42 Å². The van der Waals surface area contributed by atoms with Crippen LogP contribution in [-0.4, -0.2) is 28.9 Å². The van der Waals surface area contributed by atoms with E-state index in [1.807, 2.05) is 0 Å². The highest BCUT2D eigenvalue weighted by atomic mass is 16.3. The van der Waals surface area contributed by atoms with Crippen LogP contribution in [0.1, 0.15) is 18.4 Å². The van der Waals surface area contributed by atoms with Crippen LogP contribution >= 0.6 is 0 Å². The van der Waals surface area contributed by atoms with Crippen molar-refractivity contribution >= 4 is 17.7 Å². The molecule has 1 aliphatic rings. The Morgan fingerprint density at radius 3 is 2.89 bits per heavy atom. The molecule has 0 aromatic heterocycles. The van der Waals surface area contributed by atoms with E-state index in [0.29, 0.717) is 12.0 Å². The number of rotatable bonds is 3. The van der Waals surface area contributed by atoms with Crippen molar-refractivity contribution < 1.29 is 19.5 Å². The first-order chi connectivity index (χ1) is 9.04. The van der Waals surface area contributed by atoms with Crippen LogP contribution in [0.2, 0.25) is 0 Å². The fourth-order valence-electron chi connectivity index (χ4n) is 1.93. The van der Waals surface area contributed by atoms with Gasteiger partial charge in [-0.25, -0.2) is 0 Å². The number of phenolic OH excluding ortho intramolecular Hbond substituents is 1. The van der Waals surface area contributed by atoms with E-state index < -0.39 is 11.9 Å². The van der Waals surface area contributed by atoms with Crippen LogP contribution in [0.3, 0.4) is 0 Å². The molecule has 1 fully saturated rings. The number of phenols is 1. The van der Waals surface area contributed by atoms with E-state index >= 15 is 0 Å². The summed E-state index contributed by atoms with van der Waals surface area (Å²) in [4.78, 5) is 34.2. The predicted octanol–water partition coefficient (Wildman–Crippen LogP) is -0.144. The van der Waals surface area contributed by atoms with Gasteiger partial charge in [-0.15, -0.1) is 0 Å². The molecule has 6 heteroatoms. The Bertz CT molecular complexity index is 527. The highest BCUT2D eigenvalue weighted by molar-refractivity contribution is 6.01. The van der Waals surface area contributed by atoms with Gasteiger partial charge < -0.3 is 10.4 Å². The first kappa shape index (κ1) is 13.1. The molecular weight excluding hydrogens is 248 g/mol. The fraction of sp³-hybridized carbons (Fsp3) is 0.308. The van der Waals surface area contributed by atoms with Gasteiger partial charge in [0.2, 0.25) is 17.7 Å². The van der Waals surface area contributed by atoms with Gasteiger partial charge in [0, 0.05) is 6.42 Å². The van der Waals surface area contributed by atoms with Gasteiger partial charge in [0.25, 0.3) is 0 Å². The summed E-state index contributed by atoms with van der Waals surface area (Å²) in [7, 11) is 0. The molecule has 6 nitrogen and oxygen atoms in total. The van der Waals surface area contributed by atoms with Crippen molar-refractivity contribution in [3.05, 3.63) is 29.8 Å². The molecule has 1 unspecified atom stereocenters. The molecule has 0 spiro atoms. The van der Waals surface area contributed by atoms with E-state index in [1.165, 1.54) is 12.1 Å². The number of nitrogens with one attached hydrogen (secondary N) is 2. The van der Waals surface area contributed by atoms with Gasteiger partial charge in [-0.3, -0.25) is 19.7 Å². The second kappa shape index (κ2) is 5.51. The van der Waals surface area contributed by atoms with Crippen molar-refractivity contribution in [2.75, 3.05) is 0 Å². The lowest BCUT2D eigenvalue weighted by atomic mass is 10.1. The Labute approximate surface area is 109 Å². The van der Waals surface area contributed by atoms with Crippen LogP contribution in [0.15, 0.2) is 24.3 Å². The highest BCUT2D eigenvalue weighted by Gasteiger charge is 2.27. The molecule has 1 heterocycles. The molecule has 19 heavy (non-hydrogen) atoms. The number of imide groups is 1. The van der Waals surface area contributed by atoms with Crippen molar-refractivity contribution in [2.45, 2.75) is 25.3 Å². The average Bonchev–Trinajstić information content (AvgIpc) is 2.33. The van der Waals surface area contributed by atoms with Crippen molar-refractivity contribution in [1.29, 1.82) is 0 Å². The minimum atomic E-state index is -0.664. The lowest BCUT2D eigenvalue weighted by Crippen LogP contribution is -2.52. The summed E-state index contributed by atoms with van der Waals surface area (Å²) in [5.74, 6) is -1.02. The van der Waals surface area contributed by atoms with Gasteiger partial charge in [-0.2, -0.15) is 0 Å². The summed E-state index contributed by atoms with van der Waals surface area (Å²) < 4.78 is 0. The molecule has 0 saturated carbocycles. The molecule has 1 aliphatic heterocycles. The van der Waals surface area contributed by atoms with E-state index in [9.17, 15) is 19.5 Å². The Morgan fingerprint density at radius 1 is 1.42 bits per heavy atom. The van der Waals surface area contributed by atoms with Crippen LogP contribution in [0.4, 0.5) is 0 Å². The molecule has 2 rings (SSSR count). The molecule has 1 aromatic rings. The van der Waals surface area contributed by atoms with Crippen molar-refractivity contribution in [3.63, 3.8) is 0 Å². The normalized spacial score (nSPS) is 18.8. The minimum Gasteiger partial charge on any atom is -0.508 e. The van der Waals surface area contributed by atoms with Crippen molar-refractivity contribution in [2.24, 2.45) is 0 Å². The number of hydrogen-bond acceptors (Lipinski definition) is 4. The van der Waals surface area contributed by atoms with Crippen LogP contribution < -0.4 is 10.6 Å². The standard InChI is InChI=1S/C13H14N2O4/c16-9-3-1-2-8(6-9)7-12(18)14-10-4-5-11(17)15-13(10)19/h1-3,6,10,16H,4-5,7H2,(H,14,18)(H,15,17,19). The maximum atomic E-state index is 11.8. The summed E-state index contributed by atoms with van der Waals surface area (Å²) in [6.45, 7) is 0. The first-order valence-electron chi connectivity index (χ1n) is 5.95. The molecule has 0 aliphatic carbocycles. The minimum absolute atomic E-state index is 0.0755. The fourth-order valence-corrected chi connectivity index (χ4v) is 1.93. The molecule has 0 bridgehead atoms. The quantitative estimate of drug-likeness (QED) is 0.660. The maximum absolute atomic E-state index is 11.8. The number of carbonyl (C=O) groups excluding carboxylic acids is 3. The summed E-state index contributed by atoms with van der Waals surface area (Å²) >= 11 is 0. The second-order valence-electron chi connectivity index (χ2n) is 4.42. The highest BCUT2D eigenvalue weighted by Crippen LogP contribution is 2.11. The zero-order valence-corrected chi connectivity index (χ0v) is 10.2. The smallest absolute Gasteiger partial charge is 0.249 e. The monoisotopic (exact) mass is 262 g/mol. The van der Waals surface area contributed by atoms with Crippen molar-refractivity contribution in [3.8, 4) is 5.75 Å². The third kappa shape index (κ3) is 3.54. The van der Waals surface area contributed by atoms with E-state index in [0.717, 1.165) is 0 Å². The average molecular weight is 262 g/mol. The van der Waals surface area contributed by atoms with Gasteiger partial charge in [-0.05, 0) is 24.1 Å². The zero-order chi connectivity index (χ0) is 13.8. The second-order valence-corrected chi connectivity index (χ2v) is 4.42. The molecular formula is C13H14N2O4. The summed E-state index contributed by atoms with van der Waals surface area (Å²) in [6.07, 6.45) is 0.616. The summed E-state index contributed by atoms with van der Waals surface area (Å²) in [6, 6.07) is 5.70. The number of carbonyl (C=O) groups is 3. The van der Waals surface area contributed by atoms with E-state index in [2.05, 4.69) is 10.6 Å². The largest absolute Gasteiger partial charge is 0.508 e. The molecule has 1 atom stereocenters. The van der Waals surface area contributed by atoms with Crippen LogP contribution in [-0.2, 0) is 20.8 Å². The molecule has 1 aromatic carbocycles. The SMILES string of the molecule is O=C1CCC(NC(=O)Cc2cccc(O)c2)C(=O)N1. The van der Waals surface area contributed by atoms with Crippen LogP contribution in [0.25, 0.3) is 0 Å². The van der Waals surface area contributed by atoms with Gasteiger partial charge in [-0.1, -0.05) is 12.1 Å². The lowest BCUT2D eigenvalue weighted by Gasteiger charge is -2.21. The molecule has 3 amide bonds. The number of benzene rings is 1. The topological polar surface area (TPSA) is 95.5 Å². The summed E-state index contributed by atoms with van der Waals surface area (Å²) in [5.41, 5.74) is 0.657. The Morgan fingerprint density at radius 2 is 2.21 bits per heavy atom. The Balaban J connectivity index is 1.91. The van der Waals surface area contributed by atoms with Crippen LogP contribution in [0, 0.1) is 0 Å². The molecule has 0 radical (unpaired) electrons. The van der Waals surface area contributed by atoms with Crippen molar-refractivity contribution in [1.82, 2.24) is 10.6 Å². The third-order valence-electron chi connectivity index (χ3n) is 2.85. The lowest BCUT2D eigenvalue weighted by molar-refractivity contribution is -0.137. The first-order valence-corrected chi connectivity index (χ1v) is 5.95. The zero-order valence-electron chi connectivity index (χ0n) is 10.2. The van der Waals surface area contributed by atoms with E-state index in [4.69, 9.17) is 0 Å². The Hall–Kier alpha value is -2.37. The number of piperidine rings is 1. The van der Waals surface area contributed by atoms with Crippen LogP contribution in [0.5, 0.6) is 5.75 Å². The Kier molecular flexibility index (Phi) is 3.79.